The van der Waals surface area contributed by atoms with Crippen LogP contribution in [0.1, 0.15) is 33.6 Å². The third kappa shape index (κ3) is 20.8. The standard InChI is InChI=1S/C4H10ClO2P.C4H11O2P/c1-3-6-8(5)7-4-2;1-2-3-4-7(5)6/h3-4H2,1-2H3;7H,2-4H2,1H3,(H,5,6). The quantitative estimate of drug-likeness (QED) is 0.720. The van der Waals surface area contributed by atoms with Crippen molar-refractivity contribution >= 4 is 27.0 Å². The Bertz CT molecular complexity index is 143. The van der Waals surface area contributed by atoms with Crippen molar-refractivity contribution in [2.45, 2.75) is 33.6 Å². The van der Waals surface area contributed by atoms with E-state index in [0.717, 1.165) is 12.8 Å². The highest BCUT2D eigenvalue weighted by atomic mass is 35.7. The third-order valence-electron chi connectivity index (χ3n) is 1.21. The molecule has 1 N–H and O–H groups in total. The van der Waals surface area contributed by atoms with E-state index in [1.807, 2.05) is 20.8 Å². The van der Waals surface area contributed by atoms with Gasteiger partial charge in [-0.2, -0.15) is 0 Å². The molecule has 0 aromatic carbocycles. The first-order valence-corrected chi connectivity index (χ1v) is 8.66. The Morgan fingerprint density at radius 1 is 1.27 bits per heavy atom. The lowest BCUT2D eigenvalue weighted by Crippen LogP contribution is -1.83. The third-order valence-corrected chi connectivity index (χ3v) is 3.49. The molecule has 4 nitrogen and oxygen atoms in total. The number of halogens is 1. The zero-order valence-electron chi connectivity index (χ0n) is 9.53. The summed E-state index contributed by atoms with van der Waals surface area (Å²) in [4.78, 5) is 8.23. The SMILES string of the molecule is CCCC[PH](=O)O.CCOP(Cl)OCC. The Morgan fingerprint density at radius 2 is 1.73 bits per heavy atom. The van der Waals surface area contributed by atoms with Crippen LogP contribution in [0, 0.1) is 0 Å². The molecule has 0 heterocycles. The van der Waals surface area contributed by atoms with Gasteiger partial charge in [-0.15, -0.1) is 0 Å². The van der Waals surface area contributed by atoms with E-state index in [-0.39, 0.29) is 0 Å². The van der Waals surface area contributed by atoms with Gasteiger partial charge < -0.3 is 13.9 Å². The van der Waals surface area contributed by atoms with Crippen LogP contribution < -0.4 is 0 Å². The average Bonchev–Trinajstić information content (AvgIpc) is 2.16. The van der Waals surface area contributed by atoms with Gasteiger partial charge >= 0.3 is 0 Å². The maximum atomic E-state index is 9.94. The molecule has 0 amide bonds. The molecule has 0 fully saturated rings. The van der Waals surface area contributed by atoms with Crippen molar-refractivity contribution in [1.29, 1.82) is 0 Å². The lowest BCUT2D eigenvalue weighted by molar-refractivity contribution is 0.282. The first-order chi connectivity index (χ1) is 7.08. The molecule has 1 unspecified atom stereocenters. The molecule has 0 aromatic rings. The summed E-state index contributed by atoms with van der Waals surface area (Å²) >= 11 is 5.50. The summed E-state index contributed by atoms with van der Waals surface area (Å²) in [5, 5.41) is 0. The van der Waals surface area contributed by atoms with E-state index in [9.17, 15) is 4.57 Å². The summed E-state index contributed by atoms with van der Waals surface area (Å²) in [6, 6.07) is 0. The highest BCUT2D eigenvalue weighted by Gasteiger charge is 2.00. The van der Waals surface area contributed by atoms with Crippen LogP contribution in [0.5, 0.6) is 0 Å². The number of unbranched alkanes of at least 4 members (excludes halogenated alkanes) is 1. The van der Waals surface area contributed by atoms with Crippen LogP contribution in [0.3, 0.4) is 0 Å². The highest BCUT2D eigenvalue weighted by Crippen LogP contribution is 2.42. The van der Waals surface area contributed by atoms with Crippen LogP contribution in [0.15, 0.2) is 0 Å². The van der Waals surface area contributed by atoms with Crippen molar-refractivity contribution < 1.29 is 18.5 Å². The Kier molecular flexibility index (Phi) is 18.0. The van der Waals surface area contributed by atoms with Crippen molar-refractivity contribution in [3.63, 3.8) is 0 Å². The minimum atomic E-state index is -2.15. The lowest BCUT2D eigenvalue weighted by Gasteiger charge is -2.04. The number of hydrogen-bond acceptors (Lipinski definition) is 3. The average molecular weight is 279 g/mol. The summed E-state index contributed by atoms with van der Waals surface area (Å²) < 4.78 is 19.7. The van der Waals surface area contributed by atoms with E-state index in [4.69, 9.17) is 25.2 Å². The molecule has 0 saturated heterocycles. The molecule has 0 radical (unpaired) electrons. The van der Waals surface area contributed by atoms with E-state index in [1.165, 1.54) is 0 Å². The second kappa shape index (κ2) is 14.8. The molecule has 15 heavy (non-hydrogen) atoms. The van der Waals surface area contributed by atoms with Gasteiger partial charge in [0.25, 0.3) is 7.73 Å². The topological polar surface area (TPSA) is 55.8 Å². The molecular formula is C8H21ClO4P2. The second-order valence-electron chi connectivity index (χ2n) is 2.55. The van der Waals surface area contributed by atoms with Crippen molar-refractivity contribution in [2.75, 3.05) is 19.4 Å². The van der Waals surface area contributed by atoms with Crippen molar-refractivity contribution in [3.8, 4) is 0 Å². The predicted molar refractivity (Wildman–Crippen MR) is 67.0 cm³/mol. The first kappa shape index (κ1) is 18.2. The van der Waals surface area contributed by atoms with Crippen LogP contribution in [-0.2, 0) is 13.6 Å². The summed E-state index contributed by atoms with van der Waals surface area (Å²) in [6.45, 7) is 7.02. The second-order valence-corrected chi connectivity index (χ2v) is 5.60. The Balaban J connectivity index is 0. The Labute approximate surface area is 98.9 Å². The van der Waals surface area contributed by atoms with Gasteiger partial charge in [-0.3, -0.25) is 4.57 Å². The fraction of sp³-hybridized carbons (Fsp3) is 1.00. The van der Waals surface area contributed by atoms with Gasteiger partial charge in [-0.25, -0.2) is 0 Å². The van der Waals surface area contributed by atoms with Crippen LogP contribution in [0.25, 0.3) is 0 Å². The Hall–Kier alpha value is 0.830. The molecule has 0 aliphatic heterocycles. The zero-order chi connectivity index (χ0) is 12.1. The van der Waals surface area contributed by atoms with E-state index in [0.29, 0.717) is 19.4 Å². The normalized spacial score (nSPS) is 12.1. The Morgan fingerprint density at radius 3 is 1.93 bits per heavy atom. The molecule has 0 bridgehead atoms. The maximum absolute atomic E-state index is 9.94. The van der Waals surface area contributed by atoms with Gasteiger partial charge in [-0.05, 0) is 31.5 Å². The zero-order valence-corrected chi connectivity index (χ0v) is 12.2. The van der Waals surface area contributed by atoms with Crippen LogP contribution in [-0.4, -0.2) is 24.3 Å². The lowest BCUT2D eigenvalue weighted by atomic mass is 10.4. The molecule has 0 spiro atoms. The molecule has 0 saturated carbocycles. The summed E-state index contributed by atoms with van der Waals surface area (Å²) in [7, 11) is -3.26. The van der Waals surface area contributed by atoms with Crippen molar-refractivity contribution in [2.24, 2.45) is 0 Å². The molecule has 0 rings (SSSR count). The fourth-order valence-corrected chi connectivity index (χ4v) is 2.29. The van der Waals surface area contributed by atoms with E-state index in [2.05, 4.69) is 0 Å². The summed E-state index contributed by atoms with van der Waals surface area (Å²) in [5.74, 6) is 0. The van der Waals surface area contributed by atoms with Gasteiger partial charge in [0.1, 0.15) is 0 Å². The summed E-state index contributed by atoms with van der Waals surface area (Å²) in [6.07, 6.45) is 2.40. The van der Waals surface area contributed by atoms with E-state index >= 15 is 0 Å². The van der Waals surface area contributed by atoms with E-state index < -0.39 is 15.8 Å². The van der Waals surface area contributed by atoms with Gasteiger partial charge in [-0.1, -0.05) is 13.3 Å². The predicted octanol–water partition coefficient (Wildman–Crippen LogP) is 3.78. The highest BCUT2D eigenvalue weighted by molar-refractivity contribution is 7.76. The van der Waals surface area contributed by atoms with Gasteiger partial charge in [0, 0.05) is 6.16 Å². The van der Waals surface area contributed by atoms with E-state index in [1.54, 1.807) is 0 Å². The molecule has 0 aromatic heterocycles. The van der Waals surface area contributed by atoms with Crippen LogP contribution in [0.2, 0.25) is 0 Å². The van der Waals surface area contributed by atoms with Gasteiger partial charge in [0.05, 0.1) is 13.2 Å². The molecule has 0 aliphatic rings. The first-order valence-electron chi connectivity index (χ1n) is 5.01. The largest absolute Gasteiger partial charge is 0.346 e. The molecule has 1 atom stereocenters. The minimum absolute atomic E-state index is 0.501. The molecule has 7 heteroatoms. The number of hydrogen-bond donors (Lipinski definition) is 1. The van der Waals surface area contributed by atoms with Crippen molar-refractivity contribution in [1.82, 2.24) is 0 Å². The van der Waals surface area contributed by atoms with Crippen molar-refractivity contribution in [3.05, 3.63) is 0 Å². The van der Waals surface area contributed by atoms with Gasteiger partial charge in [0.15, 0.2) is 8.03 Å². The smallest absolute Gasteiger partial charge is 0.276 e. The summed E-state index contributed by atoms with van der Waals surface area (Å²) in [5.41, 5.74) is 0. The molecular weight excluding hydrogens is 257 g/mol. The molecule has 0 aliphatic carbocycles. The van der Waals surface area contributed by atoms with Gasteiger partial charge in [0.2, 0.25) is 0 Å². The monoisotopic (exact) mass is 278 g/mol. The minimum Gasteiger partial charge on any atom is -0.346 e. The van der Waals surface area contributed by atoms with Crippen LogP contribution in [0.4, 0.5) is 0 Å². The fourth-order valence-electron chi connectivity index (χ4n) is 0.568. The number of rotatable bonds is 7. The molecule has 94 valence electrons. The maximum Gasteiger partial charge on any atom is 0.276 e. The van der Waals surface area contributed by atoms with Crippen LogP contribution >= 0.6 is 27.0 Å².